The molecular weight excluding hydrogens is 242 g/mol. The van der Waals surface area contributed by atoms with Crippen LogP contribution in [-0.4, -0.2) is 14.9 Å². The van der Waals surface area contributed by atoms with Crippen molar-refractivity contribution in [2.75, 3.05) is 0 Å². The smallest absolute Gasteiger partial charge is 0.191 e. The molecule has 1 N–H and O–H groups in total. The Labute approximate surface area is 102 Å². The van der Waals surface area contributed by atoms with Gasteiger partial charge in [0.2, 0.25) is 0 Å². The molecule has 1 aromatic carbocycles. The van der Waals surface area contributed by atoms with Gasteiger partial charge in [-0.1, -0.05) is 0 Å². The molecule has 0 atom stereocenters. The largest absolute Gasteiger partial charge is 0.481 e. The minimum absolute atomic E-state index is 0.0207. The molecular formula is C12H12F2N2O2. The van der Waals surface area contributed by atoms with Crippen molar-refractivity contribution in [3.63, 3.8) is 0 Å². The van der Waals surface area contributed by atoms with E-state index in [9.17, 15) is 8.78 Å². The lowest BCUT2D eigenvalue weighted by Gasteiger charge is -2.08. The first-order chi connectivity index (χ1) is 8.60. The van der Waals surface area contributed by atoms with Crippen LogP contribution in [0.2, 0.25) is 0 Å². The van der Waals surface area contributed by atoms with E-state index in [0.717, 1.165) is 12.1 Å². The molecule has 0 bridgehead atoms. The van der Waals surface area contributed by atoms with Crippen LogP contribution in [0.4, 0.5) is 8.78 Å². The normalized spacial score (nSPS) is 10.7. The van der Waals surface area contributed by atoms with E-state index < -0.39 is 24.0 Å². The van der Waals surface area contributed by atoms with Crippen LogP contribution in [0, 0.1) is 11.6 Å². The van der Waals surface area contributed by atoms with Gasteiger partial charge in [-0.05, 0) is 23.8 Å². The summed E-state index contributed by atoms with van der Waals surface area (Å²) in [6.45, 7) is -0.443. The zero-order valence-electron chi connectivity index (χ0n) is 9.73. The summed E-state index contributed by atoms with van der Waals surface area (Å²) in [5, 5.41) is 12.8. The third-order valence-corrected chi connectivity index (χ3v) is 2.37. The van der Waals surface area contributed by atoms with E-state index in [1.54, 1.807) is 24.0 Å². The summed E-state index contributed by atoms with van der Waals surface area (Å²) in [5.74, 6) is -2.14. The van der Waals surface area contributed by atoms with E-state index in [1.807, 2.05) is 0 Å². The first-order valence-electron chi connectivity index (χ1n) is 5.30. The number of rotatable bonds is 4. The molecule has 0 radical (unpaired) electrons. The Kier molecular flexibility index (Phi) is 3.57. The maximum atomic E-state index is 13.5. The summed E-state index contributed by atoms with van der Waals surface area (Å²) in [4.78, 5) is 0. The van der Waals surface area contributed by atoms with Gasteiger partial charge in [0.15, 0.2) is 17.4 Å². The summed E-state index contributed by atoms with van der Waals surface area (Å²) in [6.07, 6.45) is 1.71. The van der Waals surface area contributed by atoms with Gasteiger partial charge in [-0.2, -0.15) is 5.10 Å². The first-order valence-corrected chi connectivity index (χ1v) is 5.30. The van der Waals surface area contributed by atoms with Crippen LogP contribution in [0.1, 0.15) is 11.3 Å². The van der Waals surface area contributed by atoms with Gasteiger partial charge in [0.05, 0.1) is 12.3 Å². The zero-order chi connectivity index (χ0) is 13.1. The molecule has 1 heterocycles. The second kappa shape index (κ2) is 5.14. The molecule has 0 saturated carbocycles. The van der Waals surface area contributed by atoms with Crippen molar-refractivity contribution >= 4 is 0 Å². The van der Waals surface area contributed by atoms with Crippen LogP contribution in [0.3, 0.4) is 0 Å². The number of benzene rings is 1. The van der Waals surface area contributed by atoms with E-state index >= 15 is 0 Å². The number of aliphatic hydroxyl groups excluding tert-OH is 1. The number of ether oxygens (including phenoxy) is 1. The summed E-state index contributed by atoms with van der Waals surface area (Å²) < 4.78 is 33.6. The third kappa shape index (κ3) is 2.65. The molecule has 1 aromatic heterocycles. The molecule has 96 valence electrons. The summed E-state index contributed by atoms with van der Waals surface area (Å²) in [6, 6.07) is 3.77. The highest BCUT2D eigenvalue weighted by atomic mass is 19.1. The highest BCUT2D eigenvalue weighted by Gasteiger charge is 2.13. The molecule has 6 heteroatoms. The monoisotopic (exact) mass is 254 g/mol. The Bertz CT molecular complexity index is 532. The number of hydrogen-bond acceptors (Lipinski definition) is 3. The predicted octanol–water partition coefficient (Wildman–Crippen LogP) is 1.77. The predicted molar refractivity (Wildman–Crippen MR) is 59.8 cm³/mol. The van der Waals surface area contributed by atoms with E-state index in [-0.39, 0.29) is 12.2 Å². The molecule has 2 aromatic rings. The average molecular weight is 254 g/mol. The molecule has 0 spiro atoms. The maximum Gasteiger partial charge on any atom is 0.191 e. The lowest BCUT2D eigenvalue weighted by atomic mass is 10.2. The van der Waals surface area contributed by atoms with Gasteiger partial charge in [-0.25, -0.2) is 8.78 Å². The number of hydrogen-bond donors (Lipinski definition) is 1. The van der Waals surface area contributed by atoms with Crippen LogP contribution in [0.5, 0.6) is 5.75 Å². The van der Waals surface area contributed by atoms with Gasteiger partial charge < -0.3 is 9.84 Å². The fourth-order valence-electron chi connectivity index (χ4n) is 1.53. The van der Waals surface area contributed by atoms with Crippen LogP contribution in [-0.2, 0) is 20.3 Å². The molecule has 0 unspecified atom stereocenters. The van der Waals surface area contributed by atoms with E-state index in [1.165, 1.54) is 0 Å². The van der Waals surface area contributed by atoms with Gasteiger partial charge in [0, 0.05) is 13.2 Å². The number of nitrogens with zero attached hydrogens (tertiary/aromatic N) is 2. The molecule has 18 heavy (non-hydrogen) atoms. The van der Waals surface area contributed by atoms with Crippen molar-refractivity contribution in [3.8, 4) is 5.75 Å². The summed E-state index contributed by atoms with van der Waals surface area (Å²) in [7, 11) is 1.74. The van der Waals surface area contributed by atoms with Gasteiger partial charge in [-0.3, -0.25) is 4.68 Å². The van der Waals surface area contributed by atoms with Crippen molar-refractivity contribution in [1.82, 2.24) is 9.78 Å². The number of halogens is 2. The lowest BCUT2D eigenvalue weighted by Crippen LogP contribution is -2.02. The van der Waals surface area contributed by atoms with Crippen molar-refractivity contribution < 1.29 is 18.6 Å². The Hall–Kier alpha value is -1.95. The van der Waals surface area contributed by atoms with Crippen LogP contribution < -0.4 is 4.74 Å². The number of aromatic nitrogens is 2. The van der Waals surface area contributed by atoms with Gasteiger partial charge >= 0.3 is 0 Å². The summed E-state index contributed by atoms with van der Waals surface area (Å²) >= 11 is 0. The lowest BCUT2D eigenvalue weighted by molar-refractivity contribution is 0.263. The number of aliphatic hydroxyl groups is 1. The zero-order valence-corrected chi connectivity index (χ0v) is 9.73. The second-order valence-electron chi connectivity index (χ2n) is 3.82. The van der Waals surface area contributed by atoms with Crippen molar-refractivity contribution in [2.24, 2.45) is 7.05 Å². The molecule has 0 saturated heterocycles. The molecule has 2 rings (SSSR count). The Balaban J connectivity index is 2.14. The van der Waals surface area contributed by atoms with Crippen molar-refractivity contribution in [2.45, 2.75) is 13.2 Å². The van der Waals surface area contributed by atoms with Crippen molar-refractivity contribution in [1.29, 1.82) is 0 Å². The van der Waals surface area contributed by atoms with Gasteiger partial charge in [-0.15, -0.1) is 0 Å². The topological polar surface area (TPSA) is 47.3 Å². The van der Waals surface area contributed by atoms with E-state index in [0.29, 0.717) is 5.69 Å². The molecule has 0 fully saturated rings. The minimum Gasteiger partial charge on any atom is -0.481 e. The van der Waals surface area contributed by atoms with E-state index in [2.05, 4.69) is 5.10 Å². The Morgan fingerprint density at radius 1 is 1.33 bits per heavy atom. The van der Waals surface area contributed by atoms with Crippen LogP contribution in [0.15, 0.2) is 24.4 Å². The van der Waals surface area contributed by atoms with E-state index in [4.69, 9.17) is 9.84 Å². The highest BCUT2D eigenvalue weighted by Crippen LogP contribution is 2.24. The standard InChI is InChI=1S/C12H12F2N2O2/c1-16-3-2-9(15-16)7-18-12-10(13)4-8(6-17)5-11(12)14/h2-5,17H,6-7H2,1H3. The van der Waals surface area contributed by atoms with Crippen molar-refractivity contribution in [3.05, 3.63) is 47.3 Å². The fraction of sp³-hybridized carbons (Fsp3) is 0.250. The van der Waals surface area contributed by atoms with Gasteiger partial charge in [0.1, 0.15) is 6.61 Å². The quantitative estimate of drug-likeness (QED) is 0.904. The van der Waals surface area contributed by atoms with Crippen LogP contribution >= 0.6 is 0 Å². The molecule has 0 amide bonds. The first kappa shape index (κ1) is 12.5. The summed E-state index contributed by atoms with van der Waals surface area (Å²) in [5.41, 5.74) is 0.734. The van der Waals surface area contributed by atoms with Gasteiger partial charge in [0.25, 0.3) is 0 Å². The molecule has 0 aliphatic rings. The molecule has 0 aliphatic heterocycles. The van der Waals surface area contributed by atoms with Crippen LogP contribution in [0.25, 0.3) is 0 Å². The Morgan fingerprint density at radius 2 is 2.00 bits per heavy atom. The highest BCUT2D eigenvalue weighted by molar-refractivity contribution is 5.31. The number of aryl methyl sites for hydroxylation is 1. The SMILES string of the molecule is Cn1ccc(COc2c(F)cc(CO)cc2F)n1. The average Bonchev–Trinajstić information content (AvgIpc) is 2.73. The molecule has 0 aliphatic carbocycles. The molecule has 4 nitrogen and oxygen atoms in total. The second-order valence-corrected chi connectivity index (χ2v) is 3.82. The minimum atomic E-state index is -0.838. The maximum absolute atomic E-state index is 13.5. The fourth-order valence-corrected chi connectivity index (χ4v) is 1.53. The Morgan fingerprint density at radius 3 is 2.50 bits per heavy atom. The third-order valence-electron chi connectivity index (χ3n) is 2.37.